The molecule has 0 aromatic heterocycles. The Morgan fingerprint density at radius 3 is 2.32 bits per heavy atom. The highest BCUT2D eigenvalue weighted by atomic mass is 35.5. The molecular weight excluding hydrogens is 266 g/mol. The molecule has 0 aliphatic heterocycles. The van der Waals surface area contributed by atoms with E-state index in [0.717, 1.165) is 0 Å². The molecule has 1 unspecified atom stereocenters. The fourth-order valence-corrected chi connectivity index (χ4v) is 1.52. The van der Waals surface area contributed by atoms with Crippen molar-refractivity contribution in [2.45, 2.75) is 19.4 Å². The number of benzene rings is 1. The maximum atomic E-state index is 12.0. The molecule has 0 radical (unpaired) electrons. The Balaban J connectivity index is 0.00000324. The van der Waals surface area contributed by atoms with Crippen LogP contribution in [0.2, 0.25) is 0 Å². The van der Waals surface area contributed by atoms with Crippen molar-refractivity contribution in [1.82, 2.24) is 10.6 Å². The third-order valence-electron chi connectivity index (χ3n) is 2.63. The van der Waals surface area contributed by atoms with E-state index in [0.29, 0.717) is 12.1 Å². The van der Waals surface area contributed by atoms with Crippen LogP contribution in [0.15, 0.2) is 30.3 Å². The highest BCUT2D eigenvalue weighted by Crippen LogP contribution is 2.16. The molecule has 5 nitrogen and oxygen atoms in total. The van der Waals surface area contributed by atoms with Crippen molar-refractivity contribution in [2.75, 3.05) is 13.1 Å². The van der Waals surface area contributed by atoms with Crippen molar-refractivity contribution in [2.24, 2.45) is 5.73 Å². The summed E-state index contributed by atoms with van der Waals surface area (Å²) in [6.45, 7) is 3.91. The minimum atomic E-state index is -1.15. The normalized spacial score (nSPS) is 12.8. The van der Waals surface area contributed by atoms with Crippen LogP contribution in [0.3, 0.4) is 0 Å². The number of nitrogens with two attached hydrogens (primary N) is 1. The van der Waals surface area contributed by atoms with Gasteiger partial charge in [0.2, 0.25) is 11.8 Å². The highest BCUT2D eigenvalue weighted by Gasteiger charge is 2.30. The summed E-state index contributed by atoms with van der Waals surface area (Å²) in [4.78, 5) is 23.2. The summed E-state index contributed by atoms with van der Waals surface area (Å²) in [6.07, 6.45) is 0. The van der Waals surface area contributed by atoms with Gasteiger partial charge in [-0.1, -0.05) is 30.3 Å². The molecule has 1 aromatic rings. The minimum absolute atomic E-state index is 0. The van der Waals surface area contributed by atoms with E-state index < -0.39 is 5.54 Å². The molecule has 0 saturated carbocycles. The number of nitrogens with one attached hydrogen (secondary N) is 2. The molecule has 0 fully saturated rings. The Kier molecular flexibility index (Phi) is 7.11. The first-order chi connectivity index (χ1) is 8.48. The van der Waals surface area contributed by atoms with Gasteiger partial charge in [-0.3, -0.25) is 9.59 Å². The highest BCUT2D eigenvalue weighted by molar-refractivity contribution is 5.90. The summed E-state index contributed by atoms with van der Waals surface area (Å²) in [5.41, 5.74) is 5.56. The average molecular weight is 286 g/mol. The smallest absolute Gasteiger partial charge is 0.244 e. The number of halogens is 1. The van der Waals surface area contributed by atoms with Crippen LogP contribution in [-0.4, -0.2) is 24.9 Å². The average Bonchev–Trinajstić information content (AvgIpc) is 2.37. The summed E-state index contributed by atoms with van der Waals surface area (Å²) < 4.78 is 0. The van der Waals surface area contributed by atoms with Crippen molar-refractivity contribution in [1.29, 1.82) is 0 Å². The number of carbonyl (C=O) groups is 2. The van der Waals surface area contributed by atoms with Gasteiger partial charge in [0.15, 0.2) is 0 Å². The third kappa shape index (κ3) is 4.89. The van der Waals surface area contributed by atoms with Crippen LogP contribution in [0.4, 0.5) is 0 Å². The summed E-state index contributed by atoms with van der Waals surface area (Å²) in [5, 5.41) is 5.13. The quantitative estimate of drug-likeness (QED) is 0.738. The van der Waals surface area contributed by atoms with E-state index in [9.17, 15) is 9.59 Å². The molecule has 0 bridgehead atoms. The first kappa shape index (κ1) is 17.4. The zero-order chi connectivity index (χ0) is 13.6. The molecule has 0 aliphatic carbocycles. The number of amides is 2. The molecule has 6 heteroatoms. The Morgan fingerprint density at radius 2 is 1.79 bits per heavy atom. The Labute approximate surface area is 119 Å². The van der Waals surface area contributed by atoms with Crippen molar-refractivity contribution >= 4 is 24.2 Å². The molecular formula is C13H20ClN3O2. The first-order valence-electron chi connectivity index (χ1n) is 5.88. The second kappa shape index (κ2) is 7.76. The predicted molar refractivity (Wildman–Crippen MR) is 76.9 cm³/mol. The van der Waals surface area contributed by atoms with Gasteiger partial charge in [-0.05, 0) is 19.4 Å². The van der Waals surface area contributed by atoms with Crippen LogP contribution in [0, 0.1) is 0 Å². The van der Waals surface area contributed by atoms with Crippen molar-refractivity contribution in [3.63, 3.8) is 0 Å². The van der Waals surface area contributed by atoms with E-state index in [4.69, 9.17) is 5.73 Å². The van der Waals surface area contributed by atoms with Crippen LogP contribution < -0.4 is 16.4 Å². The lowest BCUT2D eigenvalue weighted by Gasteiger charge is -2.23. The second-order valence-corrected chi connectivity index (χ2v) is 4.20. The monoisotopic (exact) mass is 285 g/mol. The van der Waals surface area contributed by atoms with Crippen molar-refractivity contribution in [3.05, 3.63) is 35.9 Å². The molecule has 19 heavy (non-hydrogen) atoms. The zero-order valence-electron chi connectivity index (χ0n) is 11.1. The molecule has 0 spiro atoms. The number of carbonyl (C=O) groups excluding carboxylic acids is 2. The number of hydrogen-bond acceptors (Lipinski definition) is 3. The predicted octanol–water partition coefficient (Wildman–Crippen LogP) is 0.535. The van der Waals surface area contributed by atoms with Crippen molar-refractivity contribution < 1.29 is 9.59 Å². The minimum Gasteiger partial charge on any atom is -0.355 e. The summed E-state index contributed by atoms with van der Waals surface area (Å²) in [6, 6.07) is 9.05. The van der Waals surface area contributed by atoms with E-state index in [-0.39, 0.29) is 30.8 Å². The molecule has 1 rings (SSSR count). The molecule has 106 valence electrons. The van der Waals surface area contributed by atoms with Gasteiger partial charge in [0.1, 0.15) is 5.54 Å². The SMILES string of the molecule is CCNC(=O)CNC(=O)C(C)(N)c1ccccc1.Cl. The summed E-state index contributed by atoms with van der Waals surface area (Å²) in [5.74, 6) is -0.602. The van der Waals surface area contributed by atoms with Gasteiger partial charge in [-0.15, -0.1) is 12.4 Å². The van der Waals surface area contributed by atoms with Gasteiger partial charge >= 0.3 is 0 Å². The van der Waals surface area contributed by atoms with Crippen LogP contribution in [-0.2, 0) is 15.1 Å². The number of hydrogen-bond donors (Lipinski definition) is 3. The van der Waals surface area contributed by atoms with E-state index in [1.165, 1.54) is 0 Å². The van der Waals surface area contributed by atoms with Gasteiger partial charge in [-0.2, -0.15) is 0 Å². The lowest BCUT2D eigenvalue weighted by atomic mass is 9.92. The zero-order valence-corrected chi connectivity index (χ0v) is 11.9. The standard InChI is InChI=1S/C13H19N3O2.ClH/c1-3-15-11(17)9-16-12(18)13(2,14)10-7-5-4-6-8-10;/h4-8H,3,9,14H2,1-2H3,(H,15,17)(H,16,18);1H. The Bertz CT molecular complexity index is 421. The lowest BCUT2D eigenvalue weighted by Crippen LogP contribution is -2.51. The second-order valence-electron chi connectivity index (χ2n) is 4.20. The maximum absolute atomic E-state index is 12.0. The molecule has 1 atom stereocenters. The van der Waals surface area contributed by atoms with Crippen LogP contribution in [0.1, 0.15) is 19.4 Å². The Hall–Kier alpha value is -1.59. The van der Waals surface area contributed by atoms with Crippen molar-refractivity contribution in [3.8, 4) is 0 Å². The largest absolute Gasteiger partial charge is 0.355 e. The number of rotatable bonds is 5. The molecule has 2 amide bonds. The fourth-order valence-electron chi connectivity index (χ4n) is 1.52. The van der Waals surface area contributed by atoms with Gasteiger partial charge in [0.25, 0.3) is 0 Å². The molecule has 1 aromatic carbocycles. The summed E-state index contributed by atoms with van der Waals surface area (Å²) in [7, 11) is 0. The first-order valence-corrected chi connectivity index (χ1v) is 5.88. The Morgan fingerprint density at radius 1 is 1.21 bits per heavy atom. The third-order valence-corrected chi connectivity index (χ3v) is 2.63. The fraction of sp³-hybridized carbons (Fsp3) is 0.385. The molecule has 4 N–H and O–H groups in total. The van der Waals surface area contributed by atoms with E-state index in [1.54, 1.807) is 19.1 Å². The summed E-state index contributed by atoms with van der Waals surface area (Å²) >= 11 is 0. The van der Waals surface area contributed by atoms with Gasteiger partial charge in [0, 0.05) is 6.54 Å². The van der Waals surface area contributed by atoms with Gasteiger partial charge < -0.3 is 16.4 Å². The maximum Gasteiger partial charge on any atom is 0.244 e. The van der Waals surface area contributed by atoms with E-state index in [1.807, 2.05) is 25.1 Å². The molecule has 0 heterocycles. The van der Waals surface area contributed by atoms with Gasteiger partial charge in [0.05, 0.1) is 6.54 Å². The van der Waals surface area contributed by atoms with E-state index in [2.05, 4.69) is 10.6 Å². The van der Waals surface area contributed by atoms with Crippen LogP contribution >= 0.6 is 12.4 Å². The topological polar surface area (TPSA) is 84.2 Å². The lowest BCUT2D eigenvalue weighted by molar-refractivity contribution is -0.129. The molecule has 0 saturated heterocycles. The van der Waals surface area contributed by atoms with Gasteiger partial charge in [-0.25, -0.2) is 0 Å². The number of likely N-dealkylation sites (N-methyl/N-ethyl adjacent to an activating group) is 1. The van der Waals surface area contributed by atoms with Crippen LogP contribution in [0.5, 0.6) is 0 Å². The van der Waals surface area contributed by atoms with E-state index >= 15 is 0 Å². The molecule has 0 aliphatic rings. The van der Waals surface area contributed by atoms with Crippen LogP contribution in [0.25, 0.3) is 0 Å².